The van der Waals surface area contributed by atoms with Gasteiger partial charge in [-0.15, -0.1) is 0 Å². The lowest BCUT2D eigenvalue weighted by Gasteiger charge is -2.34. The number of aromatic nitrogens is 1. The van der Waals surface area contributed by atoms with Crippen LogP contribution in [0.4, 0.5) is 4.39 Å². The van der Waals surface area contributed by atoms with E-state index in [1.807, 2.05) is 18.2 Å². The van der Waals surface area contributed by atoms with Crippen LogP contribution in [-0.2, 0) is 16.2 Å². The molecule has 1 aromatic heterocycles. The number of alkyl halides is 1. The maximum Gasteiger partial charge on any atom is 0.237 e. The molecule has 3 unspecified atom stereocenters. The lowest BCUT2D eigenvalue weighted by atomic mass is 9.86. The first kappa shape index (κ1) is 21.5. The van der Waals surface area contributed by atoms with Crippen LogP contribution in [-0.4, -0.2) is 46.6 Å². The second kappa shape index (κ2) is 9.53. The number of halogens is 2. The third-order valence-electron chi connectivity index (χ3n) is 5.36. The Balaban J connectivity index is 1.42. The molecule has 29 heavy (non-hydrogen) atoms. The number of nitriles is 1. The summed E-state index contributed by atoms with van der Waals surface area (Å²) < 4.78 is 13.5. The minimum absolute atomic E-state index is 0.00387. The number of pyridine rings is 1. The average molecular weight is 422 g/mol. The van der Waals surface area contributed by atoms with Crippen molar-refractivity contribution in [1.82, 2.24) is 20.7 Å². The largest absolute Gasteiger partial charge is 0.323 e. The molecular formula is C20H25ClFN5O2. The summed E-state index contributed by atoms with van der Waals surface area (Å²) in [6.07, 6.45) is 5.01. The number of hydrogen-bond donors (Lipinski definition) is 2. The molecule has 7 nitrogen and oxygen atoms in total. The second-order valence-corrected chi connectivity index (χ2v) is 8.14. The van der Waals surface area contributed by atoms with E-state index < -0.39 is 12.2 Å². The summed E-state index contributed by atoms with van der Waals surface area (Å²) in [7, 11) is 0. The maximum absolute atomic E-state index is 13.5. The molecule has 3 atom stereocenters. The van der Waals surface area contributed by atoms with Gasteiger partial charge in [-0.05, 0) is 37.8 Å². The fraction of sp³-hybridized carbons (Fsp3) is 0.550. The van der Waals surface area contributed by atoms with E-state index in [2.05, 4.69) is 22.7 Å². The van der Waals surface area contributed by atoms with Crippen molar-refractivity contribution in [1.29, 1.82) is 5.26 Å². The second-order valence-electron chi connectivity index (χ2n) is 7.75. The Morgan fingerprint density at radius 2 is 2.38 bits per heavy atom. The zero-order valence-corrected chi connectivity index (χ0v) is 17.1. The molecule has 0 aromatic carbocycles. The van der Waals surface area contributed by atoms with E-state index in [0.717, 1.165) is 30.5 Å². The molecule has 156 valence electrons. The van der Waals surface area contributed by atoms with Crippen LogP contribution in [0.2, 0.25) is 5.15 Å². The van der Waals surface area contributed by atoms with Gasteiger partial charge in [-0.25, -0.2) is 9.37 Å². The fourth-order valence-corrected chi connectivity index (χ4v) is 3.61. The van der Waals surface area contributed by atoms with Crippen molar-refractivity contribution in [3.8, 4) is 6.07 Å². The van der Waals surface area contributed by atoms with Crippen LogP contribution in [0.1, 0.15) is 38.2 Å². The Bertz CT molecular complexity index is 797. The van der Waals surface area contributed by atoms with E-state index in [-0.39, 0.29) is 31.0 Å². The van der Waals surface area contributed by atoms with Crippen molar-refractivity contribution >= 4 is 17.5 Å². The number of hydrogen-bond acceptors (Lipinski definition) is 6. The standard InChI is InChI=1S/C20H25ClFN5O2/c1-20(25-11-19(28)27-12-15(22)8-17(27)9-23)6-4-16(5-7-20)26-29-13-14-2-3-18(21)24-10-14/h2-4,10,15,17,25-26H,5-8,11-13H2,1H3. The number of carbonyl (C=O) groups excluding carboxylic acids is 1. The van der Waals surface area contributed by atoms with Crippen molar-refractivity contribution in [2.45, 2.75) is 57.0 Å². The van der Waals surface area contributed by atoms with Gasteiger partial charge < -0.3 is 10.2 Å². The highest BCUT2D eigenvalue weighted by atomic mass is 35.5. The Labute approximate surface area is 174 Å². The van der Waals surface area contributed by atoms with Gasteiger partial charge in [0.2, 0.25) is 5.91 Å². The number of rotatable bonds is 7. The molecule has 0 bridgehead atoms. The third kappa shape index (κ3) is 5.89. The molecule has 2 aliphatic rings. The minimum Gasteiger partial charge on any atom is -0.323 e. The molecule has 1 aliphatic carbocycles. The van der Waals surface area contributed by atoms with Crippen LogP contribution in [0.25, 0.3) is 0 Å². The molecule has 0 saturated carbocycles. The first-order valence-electron chi connectivity index (χ1n) is 9.64. The topological polar surface area (TPSA) is 90.3 Å². The van der Waals surface area contributed by atoms with Gasteiger partial charge in [-0.2, -0.15) is 5.26 Å². The number of hydroxylamine groups is 1. The number of allylic oxidation sites excluding steroid dienone is 1. The number of likely N-dealkylation sites (tertiary alicyclic amines) is 1. The summed E-state index contributed by atoms with van der Waals surface area (Å²) in [4.78, 5) is 23.3. The lowest BCUT2D eigenvalue weighted by Crippen LogP contribution is -2.50. The summed E-state index contributed by atoms with van der Waals surface area (Å²) in [5, 5.41) is 12.8. The van der Waals surface area contributed by atoms with E-state index in [4.69, 9.17) is 21.7 Å². The molecule has 9 heteroatoms. The smallest absolute Gasteiger partial charge is 0.237 e. The van der Waals surface area contributed by atoms with Crippen molar-refractivity contribution in [2.24, 2.45) is 0 Å². The zero-order valence-electron chi connectivity index (χ0n) is 16.3. The van der Waals surface area contributed by atoms with Crippen LogP contribution in [0.3, 0.4) is 0 Å². The number of carbonyl (C=O) groups is 1. The molecule has 2 N–H and O–H groups in total. The SMILES string of the molecule is CC1(NCC(=O)N2CC(F)CC2C#N)CC=C(NOCc2ccc(Cl)nc2)CC1. The van der Waals surface area contributed by atoms with E-state index in [9.17, 15) is 9.18 Å². The normalized spacial score (nSPS) is 26.7. The quantitative estimate of drug-likeness (QED) is 0.519. The molecule has 0 radical (unpaired) electrons. The Kier molecular flexibility index (Phi) is 7.06. The molecule has 1 aromatic rings. The summed E-state index contributed by atoms with van der Waals surface area (Å²) in [5.74, 6) is -0.231. The summed E-state index contributed by atoms with van der Waals surface area (Å²) >= 11 is 5.76. The molecular weight excluding hydrogens is 397 g/mol. The van der Waals surface area contributed by atoms with Crippen molar-refractivity contribution in [3.63, 3.8) is 0 Å². The first-order chi connectivity index (χ1) is 13.9. The zero-order chi connectivity index (χ0) is 20.9. The number of amides is 1. The van der Waals surface area contributed by atoms with Gasteiger partial charge in [0.05, 0.1) is 19.2 Å². The van der Waals surface area contributed by atoms with Crippen molar-refractivity contribution in [3.05, 3.63) is 40.8 Å². The Morgan fingerprint density at radius 1 is 1.55 bits per heavy atom. The number of nitrogens with one attached hydrogen (secondary N) is 2. The molecule has 2 heterocycles. The van der Waals surface area contributed by atoms with Crippen LogP contribution >= 0.6 is 11.6 Å². The summed E-state index contributed by atoms with van der Waals surface area (Å²) in [6.45, 7) is 2.52. The Morgan fingerprint density at radius 3 is 3.03 bits per heavy atom. The summed E-state index contributed by atoms with van der Waals surface area (Å²) in [6, 6.07) is 4.91. The van der Waals surface area contributed by atoms with Gasteiger partial charge in [0.1, 0.15) is 24.0 Å². The Hall–Kier alpha value is -2.21. The van der Waals surface area contributed by atoms with Crippen molar-refractivity contribution in [2.75, 3.05) is 13.1 Å². The van der Waals surface area contributed by atoms with E-state index in [1.165, 1.54) is 4.90 Å². The molecule has 0 spiro atoms. The molecule has 1 amide bonds. The van der Waals surface area contributed by atoms with E-state index in [0.29, 0.717) is 11.8 Å². The van der Waals surface area contributed by atoms with E-state index in [1.54, 1.807) is 12.3 Å². The highest BCUT2D eigenvalue weighted by molar-refractivity contribution is 6.29. The number of nitrogens with zero attached hydrogens (tertiary/aromatic N) is 3. The average Bonchev–Trinajstić information content (AvgIpc) is 3.10. The fourth-order valence-electron chi connectivity index (χ4n) is 3.49. The molecule has 1 aliphatic heterocycles. The van der Waals surface area contributed by atoms with Crippen LogP contribution in [0.5, 0.6) is 0 Å². The van der Waals surface area contributed by atoms with Gasteiger partial charge in [0.15, 0.2) is 0 Å². The molecule has 1 fully saturated rings. The summed E-state index contributed by atoms with van der Waals surface area (Å²) in [5.41, 5.74) is 4.63. The monoisotopic (exact) mass is 421 g/mol. The highest BCUT2D eigenvalue weighted by Crippen LogP contribution is 2.26. The minimum atomic E-state index is -1.12. The van der Waals surface area contributed by atoms with Gasteiger partial charge in [0, 0.05) is 23.9 Å². The van der Waals surface area contributed by atoms with Gasteiger partial charge in [-0.1, -0.05) is 23.7 Å². The van der Waals surface area contributed by atoms with Crippen molar-refractivity contribution < 1.29 is 14.0 Å². The first-order valence-corrected chi connectivity index (χ1v) is 10.0. The molecule has 3 rings (SSSR count). The predicted octanol–water partition coefficient (Wildman–Crippen LogP) is 2.63. The van der Waals surface area contributed by atoms with Gasteiger partial charge >= 0.3 is 0 Å². The third-order valence-corrected chi connectivity index (χ3v) is 5.59. The predicted molar refractivity (Wildman–Crippen MR) is 106 cm³/mol. The van der Waals surface area contributed by atoms with Gasteiger partial charge in [-0.3, -0.25) is 15.1 Å². The van der Waals surface area contributed by atoms with Crippen LogP contribution in [0.15, 0.2) is 30.1 Å². The van der Waals surface area contributed by atoms with Crippen LogP contribution < -0.4 is 10.8 Å². The van der Waals surface area contributed by atoms with Crippen LogP contribution in [0, 0.1) is 11.3 Å². The lowest BCUT2D eigenvalue weighted by molar-refractivity contribution is -0.130. The highest BCUT2D eigenvalue weighted by Gasteiger charge is 2.36. The maximum atomic E-state index is 13.5. The molecule has 1 saturated heterocycles. The van der Waals surface area contributed by atoms with Gasteiger partial charge in [0.25, 0.3) is 0 Å². The van der Waals surface area contributed by atoms with E-state index >= 15 is 0 Å².